The van der Waals surface area contributed by atoms with E-state index in [0.29, 0.717) is 13.0 Å². The Hall–Kier alpha value is -2.32. The minimum atomic E-state index is -0.561. The van der Waals surface area contributed by atoms with Gasteiger partial charge in [0.2, 0.25) is 0 Å². The van der Waals surface area contributed by atoms with Gasteiger partial charge in [-0.2, -0.15) is 0 Å². The molecule has 2 aromatic carbocycles. The average molecular weight is 338 g/mol. The summed E-state index contributed by atoms with van der Waals surface area (Å²) < 4.78 is 5.82. The van der Waals surface area contributed by atoms with Crippen LogP contribution in [0.5, 0.6) is 5.75 Å². The predicted octanol–water partition coefficient (Wildman–Crippen LogP) is 5.99. The Kier molecular flexibility index (Phi) is 8.73. The van der Waals surface area contributed by atoms with Gasteiger partial charge in [0, 0.05) is 0 Å². The number of benzene rings is 2. The molecule has 0 fully saturated rings. The van der Waals surface area contributed by atoms with Crippen LogP contribution in [0.3, 0.4) is 0 Å². The zero-order valence-corrected chi connectivity index (χ0v) is 15.8. The van der Waals surface area contributed by atoms with Gasteiger partial charge in [-0.1, -0.05) is 81.5 Å². The van der Waals surface area contributed by atoms with Crippen LogP contribution in [0.1, 0.15) is 44.7 Å². The highest BCUT2D eigenvalue weighted by Crippen LogP contribution is 2.32. The van der Waals surface area contributed by atoms with Crippen molar-refractivity contribution in [3.8, 4) is 5.75 Å². The summed E-state index contributed by atoms with van der Waals surface area (Å²) in [5.74, 6) is 0.834. The van der Waals surface area contributed by atoms with Crippen LogP contribution in [0.15, 0.2) is 79.4 Å². The van der Waals surface area contributed by atoms with Gasteiger partial charge in [0.1, 0.15) is 12.4 Å². The first-order chi connectivity index (χ1) is 12.1. The SMILES string of the molecule is C=CCC(N)(C(=C)CC)c1ccc(OCc2ccccc2)cc1.CC. The van der Waals surface area contributed by atoms with Crippen LogP contribution < -0.4 is 10.5 Å². The Morgan fingerprint density at radius 1 is 1.08 bits per heavy atom. The van der Waals surface area contributed by atoms with Gasteiger partial charge < -0.3 is 10.5 Å². The van der Waals surface area contributed by atoms with E-state index in [9.17, 15) is 0 Å². The molecule has 0 saturated heterocycles. The van der Waals surface area contributed by atoms with Crippen molar-refractivity contribution in [3.05, 3.63) is 90.5 Å². The molecule has 0 spiro atoms. The monoisotopic (exact) mass is 337 g/mol. The van der Waals surface area contributed by atoms with Gasteiger partial charge in [0.15, 0.2) is 0 Å². The van der Waals surface area contributed by atoms with Crippen LogP contribution in [0.25, 0.3) is 0 Å². The number of hydrogen-bond donors (Lipinski definition) is 1. The van der Waals surface area contributed by atoms with Gasteiger partial charge >= 0.3 is 0 Å². The lowest BCUT2D eigenvalue weighted by Crippen LogP contribution is -2.37. The molecule has 134 valence electrons. The molecule has 2 nitrogen and oxygen atoms in total. The summed E-state index contributed by atoms with van der Waals surface area (Å²) >= 11 is 0. The molecule has 2 heteroatoms. The van der Waals surface area contributed by atoms with Crippen molar-refractivity contribution < 1.29 is 4.74 Å². The zero-order chi connectivity index (χ0) is 18.7. The summed E-state index contributed by atoms with van der Waals surface area (Å²) in [6.07, 6.45) is 3.36. The summed E-state index contributed by atoms with van der Waals surface area (Å²) in [4.78, 5) is 0. The maximum atomic E-state index is 6.59. The number of hydrogen-bond acceptors (Lipinski definition) is 2. The summed E-state index contributed by atoms with van der Waals surface area (Å²) in [6, 6.07) is 18.1. The van der Waals surface area contributed by atoms with E-state index < -0.39 is 5.54 Å². The minimum absolute atomic E-state index is 0.558. The van der Waals surface area contributed by atoms with Gasteiger partial charge in [-0.25, -0.2) is 0 Å². The molecule has 0 bridgehead atoms. The highest BCUT2D eigenvalue weighted by molar-refractivity contribution is 5.38. The van der Waals surface area contributed by atoms with Crippen LogP contribution in [-0.4, -0.2) is 0 Å². The van der Waals surface area contributed by atoms with Crippen molar-refractivity contribution in [2.45, 2.75) is 45.8 Å². The Bertz CT molecular complexity index is 646. The molecule has 2 aromatic rings. The zero-order valence-electron chi connectivity index (χ0n) is 15.8. The highest BCUT2D eigenvalue weighted by Gasteiger charge is 2.28. The summed E-state index contributed by atoms with van der Waals surface area (Å²) in [7, 11) is 0. The third kappa shape index (κ3) is 5.61. The molecule has 0 aliphatic rings. The fourth-order valence-electron chi connectivity index (χ4n) is 2.60. The van der Waals surface area contributed by atoms with Gasteiger partial charge in [-0.3, -0.25) is 0 Å². The van der Waals surface area contributed by atoms with E-state index in [1.165, 1.54) is 0 Å². The van der Waals surface area contributed by atoms with Crippen molar-refractivity contribution in [2.75, 3.05) is 0 Å². The molecular formula is C23H31NO. The van der Waals surface area contributed by atoms with Crippen LogP contribution in [0, 0.1) is 0 Å². The summed E-state index contributed by atoms with van der Waals surface area (Å²) in [5, 5.41) is 0. The van der Waals surface area contributed by atoms with Crippen molar-refractivity contribution in [3.63, 3.8) is 0 Å². The maximum Gasteiger partial charge on any atom is 0.119 e. The lowest BCUT2D eigenvalue weighted by atomic mass is 9.80. The van der Waals surface area contributed by atoms with E-state index >= 15 is 0 Å². The highest BCUT2D eigenvalue weighted by atomic mass is 16.5. The average Bonchev–Trinajstić information content (AvgIpc) is 2.68. The van der Waals surface area contributed by atoms with Crippen molar-refractivity contribution >= 4 is 0 Å². The lowest BCUT2D eigenvalue weighted by molar-refractivity contribution is 0.306. The van der Waals surface area contributed by atoms with E-state index in [1.807, 2.05) is 62.4 Å². The molecule has 2 N–H and O–H groups in total. The van der Waals surface area contributed by atoms with Crippen LogP contribution in [0.2, 0.25) is 0 Å². The normalized spacial score (nSPS) is 12.3. The number of rotatable bonds is 8. The Labute approximate surface area is 153 Å². The molecule has 0 aromatic heterocycles. The first kappa shape index (κ1) is 20.7. The first-order valence-corrected chi connectivity index (χ1v) is 8.95. The van der Waals surface area contributed by atoms with Crippen LogP contribution in [-0.2, 0) is 12.1 Å². The van der Waals surface area contributed by atoms with E-state index in [0.717, 1.165) is 28.9 Å². The molecule has 0 amide bonds. The Morgan fingerprint density at radius 3 is 2.20 bits per heavy atom. The van der Waals surface area contributed by atoms with Gasteiger partial charge in [-0.15, -0.1) is 6.58 Å². The van der Waals surface area contributed by atoms with Crippen molar-refractivity contribution in [1.82, 2.24) is 0 Å². The maximum absolute atomic E-state index is 6.59. The molecule has 25 heavy (non-hydrogen) atoms. The quantitative estimate of drug-likeness (QED) is 0.601. The second-order valence-corrected chi connectivity index (χ2v) is 5.72. The standard InChI is InChI=1S/C21H25NO.C2H6/c1-4-15-21(22,17(3)5-2)19-11-13-20(14-12-19)23-16-18-9-7-6-8-10-18;1-2/h4,6-14H,1,3,5,15-16,22H2,2H3;1-2H3. The third-order valence-electron chi connectivity index (χ3n) is 4.14. The second kappa shape index (κ2) is 10.5. The molecule has 0 aliphatic carbocycles. The molecule has 0 aliphatic heterocycles. The molecule has 2 rings (SSSR count). The van der Waals surface area contributed by atoms with Crippen LogP contribution in [0.4, 0.5) is 0 Å². The van der Waals surface area contributed by atoms with Gasteiger partial charge in [0.25, 0.3) is 0 Å². The molecule has 0 saturated carbocycles. The molecular weight excluding hydrogens is 306 g/mol. The van der Waals surface area contributed by atoms with Crippen molar-refractivity contribution in [1.29, 1.82) is 0 Å². The lowest BCUT2D eigenvalue weighted by Gasteiger charge is -2.31. The summed E-state index contributed by atoms with van der Waals surface area (Å²) in [6.45, 7) is 14.6. The Morgan fingerprint density at radius 2 is 1.68 bits per heavy atom. The van der Waals surface area contributed by atoms with E-state index in [2.05, 4.69) is 32.2 Å². The topological polar surface area (TPSA) is 35.2 Å². The molecule has 0 heterocycles. The van der Waals surface area contributed by atoms with Crippen molar-refractivity contribution in [2.24, 2.45) is 5.73 Å². The Balaban J connectivity index is 0.00000151. The molecule has 1 atom stereocenters. The third-order valence-corrected chi connectivity index (χ3v) is 4.14. The van der Waals surface area contributed by atoms with Crippen LogP contribution >= 0.6 is 0 Å². The largest absolute Gasteiger partial charge is 0.489 e. The van der Waals surface area contributed by atoms with E-state index in [4.69, 9.17) is 10.5 Å². The summed E-state index contributed by atoms with van der Waals surface area (Å²) in [5.41, 5.74) is 9.22. The number of ether oxygens (including phenoxy) is 1. The molecule has 0 radical (unpaired) electrons. The number of nitrogens with two attached hydrogens (primary N) is 1. The van der Waals surface area contributed by atoms with Gasteiger partial charge in [-0.05, 0) is 36.1 Å². The van der Waals surface area contributed by atoms with Gasteiger partial charge in [0.05, 0.1) is 5.54 Å². The second-order valence-electron chi connectivity index (χ2n) is 5.72. The fourth-order valence-corrected chi connectivity index (χ4v) is 2.60. The molecule has 1 unspecified atom stereocenters. The fraction of sp³-hybridized carbons (Fsp3) is 0.304. The smallest absolute Gasteiger partial charge is 0.119 e. The predicted molar refractivity (Wildman–Crippen MR) is 109 cm³/mol. The minimum Gasteiger partial charge on any atom is -0.489 e. The van der Waals surface area contributed by atoms with E-state index in [-0.39, 0.29) is 0 Å². The first-order valence-electron chi connectivity index (χ1n) is 8.95. The van der Waals surface area contributed by atoms with E-state index in [1.54, 1.807) is 0 Å².